The Hall–Kier alpha value is -1.75. The maximum absolute atomic E-state index is 13.2. The molecule has 1 N–H and O–H groups in total. The molecule has 1 heterocycles. The highest BCUT2D eigenvalue weighted by Crippen LogP contribution is 2.22. The fourth-order valence-electron chi connectivity index (χ4n) is 1.90. The molecule has 0 unspecified atom stereocenters. The number of aliphatic hydroxyl groups is 1. The minimum Gasteiger partial charge on any atom is -0.389 e. The average Bonchev–Trinajstić information content (AvgIpc) is 2.54. The lowest BCUT2D eigenvalue weighted by Gasteiger charge is -2.17. The molecule has 1 aromatic heterocycles. The van der Waals surface area contributed by atoms with E-state index < -0.39 is 11.4 Å². The van der Waals surface area contributed by atoms with E-state index in [-0.39, 0.29) is 18.0 Å². The van der Waals surface area contributed by atoms with Crippen molar-refractivity contribution in [3.05, 3.63) is 29.7 Å². The Balaban J connectivity index is 2.65. The number of hydrogen-bond acceptors (Lipinski definition) is 3. The Morgan fingerprint density at radius 3 is 2.72 bits per heavy atom. The lowest BCUT2D eigenvalue weighted by Crippen LogP contribution is -2.26. The van der Waals surface area contributed by atoms with Crippen LogP contribution in [0.15, 0.2) is 18.2 Å². The van der Waals surface area contributed by atoms with Gasteiger partial charge in [0.25, 0.3) is 0 Å². The normalized spacial score (nSPS) is 12.1. The Bertz CT molecular complexity index is 611. The summed E-state index contributed by atoms with van der Waals surface area (Å²) in [6.45, 7) is 4.93. The number of nitrogens with zero attached hydrogens (tertiary/aromatic N) is 2. The van der Waals surface area contributed by atoms with E-state index in [1.165, 1.54) is 23.7 Å². The van der Waals surface area contributed by atoms with Crippen molar-refractivity contribution in [2.24, 2.45) is 0 Å². The third-order valence-electron chi connectivity index (χ3n) is 2.58. The zero-order valence-corrected chi connectivity index (χ0v) is 10.6. The molecule has 0 saturated carbocycles. The van der Waals surface area contributed by atoms with E-state index >= 15 is 0 Å². The Morgan fingerprint density at radius 2 is 2.17 bits per heavy atom. The molecule has 96 valence electrons. The Morgan fingerprint density at radius 1 is 1.50 bits per heavy atom. The molecule has 18 heavy (non-hydrogen) atoms. The molecule has 0 saturated heterocycles. The predicted octanol–water partition coefficient (Wildman–Crippen LogP) is 2.15. The summed E-state index contributed by atoms with van der Waals surface area (Å²) in [5, 5.41) is 14.4. The number of Topliss-reactive ketones (excluding diaryl/α,β-unsaturated/α-hetero) is 1. The smallest absolute Gasteiger partial charge is 0.180 e. The van der Waals surface area contributed by atoms with Crippen molar-refractivity contribution in [3.8, 4) is 0 Å². The zero-order valence-electron chi connectivity index (χ0n) is 10.6. The van der Waals surface area contributed by atoms with Gasteiger partial charge < -0.3 is 5.11 Å². The summed E-state index contributed by atoms with van der Waals surface area (Å²) in [6.07, 6.45) is 0. The van der Waals surface area contributed by atoms with Gasteiger partial charge in [0.15, 0.2) is 5.78 Å². The summed E-state index contributed by atoms with van der Waals surface area (Å²) in [5.41, 5.74) is -0.0843. The molecular formula is C13H15FN2O2. The first-order valence-corrected chi connectivity index (χ1v) is 5.67. The number of carbonyl (C=O) groups is 1. The van der Waals surface area contributed by atoms with E-state index in [0.717, 1.165) is 0 Å². The van der Waals surface area contributed by atoms with Crippen LogP contribution in [-0.4, -0.2) is 26.3 Å². The summed E-state index contributed by atoms with van der Waals surface area (Å²) >= 11 is 0. The maximum Gasteiger partial charge on any atom is 0.180 e. The van der Waals surface area contributed by atoms with Gasteiger partial charge in [-0.15, -0.1) is 0 Å². The number of carbonyl (C=O) groups excluding carboxylic acids is 1. The molecule has 0 atom stereocenters. The molecule has 0 aliphatic carbocycles. The molecular weight excluding hydrogens is 235 g/mol. The first kappa shape index (κ1) is 12.7. The molecule has 0 radical (unpaired) electrons. The van der Waals surface area contributed by atoms with Crippen molar-refractivity contribution >= 4 is 16.7 Å². The van der Waals surface area contributed by atoms with Crippen molar-refractivity contribution in [1.82, 2.24) is 9.78 Å². The lowest BCUT2D eigenvalue weighted by molar-refractivity contribution is 0.0588. The molecule has 4 nitrogen and oxygen atoms in total. The average molecular weight is 250 g/mol. The lowest BCUT2D eigenvalue weighted by atomic mass is 10.1. The molecule has 0 aliphatic rings. The number of benzene rings is 1. The second-order valence-electron chi connectivity index (χ2n) is 5.04. The molecule has 5 heteroatoms. The summed E-state index contributed by atoms with van der Waals surface area (Å²) in [7, 11) is 0. The van der Waals surface area contributed by atoms with Crippen molar-refractivity contribution < 1.29 is 14.3 Å². The minimum absolute atomic E-state index is 0.222. The summed E-state index contributed by atoms with van der Waals surface area (Å²) < 4.78 is 14.8. The van der Waals surface area contributed by atoms with Crippen LogP contribution >= 0.6 is 0 Å². The maximum atomic E-state index is 13.2. The SMILES string of the molecule is CC(=O)c1nn(CC(C)(C)O)c2ccc(F)cc12. The van der Waals surface area contributed by atoms with Gasteiger partial charge in [-0.2, -0.15) is 5.10 Å². The van der Waals surface area contributed by atoms with Gasteiger partial charge >= 0.3 is 0 Å². The number of ketones is 1. The van der Waals surface area contributed by atoms with Gasteiger partial charge in [0.05, 0.1) is 17.7 Å². The zero-order chi connectivity index (χ0) is 13.5. The second-order valence-corrected chi connectivity index (χ2v) is 5.04. The predicted molar refractivity (Wildman–Crippen MR) is 66.0 cm³/mol. The van der Waals surface area contributed by atoms with E-state index in [2.05, 4.69) is 5.10 Å². The fourth-order valence-corrected chi connectivity index (χ4v) is 1.90. The van der Waals surface area contributed by atoms with E-state index in [4.69, 9.17) is 0 Å². The highest BCUT2D eigenvalue weighted by molar-refractivity contribution is 6.04. The molecule has 0 spiro atoms. The first-order valence-electron chi connectivity index (χ1n) is 5.67. The van der Waals surface area contributed by atoms with Crippen molar-refractivity contribution in [1.29, 1.82) is 0 Å². The van der Waals surface area contributed by atoms with Gasteiger partial charge in [-0.3, -0.25) is 9.48 Å². The number of fused-ring (bicyclic) bond motifs is 1. The van der Waals surface area contributed by atoms with Crippen LogP contribution in [0.25, 0.3) is 10.9 Å². The molecule has 2 rings (SSSR count). The topological polar surface area (TPSA) is 55.1 Å². The van der Waals surface area contributed by atoms with E-state index in [0.29, 0.717) is 10.9 Å². The number of rotatable bonds is 3. The number of halogens is 1. The van der Waals surface area contributed by atoms with Gasteiger partial charge in [0.1, 0.15) is 11.5 Å². The van der Waals surface area contributed by atoms with Crippen LogP contribution in [0.1, 0.15) is 31.3 Å². The molecule has 0 bridgehead atoms. The van der Waals surface area contributed by atoms with Gasteiger partial charge in [0, 0.05) is 12.3 Å². The molecule has 0 fully saturated rings. The quantitative estimate of drug-likeness (QED) is 0.849. The molecule has 1 aromatic carbocycles. The van der Waals surface area contributed by atoms with Crippen LogP contribution in [0.2, 0.25) is 0 Å². The van der Waals surface area contributed by atoms with E-state index in [1.54, 1.807) is 19.9 Å². The largest absolute Gasteiger partial charge is 0.389 e. The third-order valence-corrected chi connectivity index (χ3v) is 2.58. The number of aromatic nitrogens is 2. The van der Waals surface area contributed by atoms with Gasteiger partial charge in [-0.25, -0.2) is 4.39 Å². The number of hydrogen-bond donors (Lipinski definition) is 1. The summed E-state index contributed by atoms with van der Waals surface area (Å²) in [5.74, 6) is -0.632. The molecule has 0 amide bonds. The highest BCUT2D eigenvalue weighted by Gasteiger charge is 2.20. The van der Waals surface area contributed by atoms with Gasteiger partial charge in [-0.05, 0) is 32.0 Å². The summed E-state index contributed by atoms with van der Waals surface area (Å²) in [4.78, 5) is 11.5. The minimum atomic E-state index is -0.957. The van der Waals surface area contributed by atoms with Crippen LogP contribution in [-0.2, 0) is 6.54 Å². The third kappa shape index (κ3) is 2.41. The standard InChI is InChI=1S/C13H15FN2O2/c1-8(17)12-10-6-9(14)4-5-11(10)16(15-12)7-13(2,3)18/h4-6,18H,7H2,1-3H3. The Kier molecular flexibility index (Phi) is 2.94. The molecule has 0 aliphatic heterocycles. The monoisotopic (exact) mass is 250 g/mol. The van der Waals surface area contributed by atoms with Crippen LogP contribution in [0.3, 0.4) is 0 Å². The summed E-state index contributed by atoms with van der Waals surface area (Å²) in [6, 6.07) is 4.17. The first-order chi connectivity index (χ1) is 8.28. The van der Waals surface area contributed by atoms with Crippen LogP contribution in [0, 0.1) is 5.82 Å². The van der Waals surface area contributed by atoms with Gasteiger partial charge in [0.2, 0.25) is 0 Å². The van der Waals surface area contributed by atoms with Crippen LogP contribution in [0.5, 0.6) is 0 Å². The van der Waals surface area contributed by atoms with Crippen LogP contribution < -0.4 is 0 Å². The highest BCUT2D eigenvalue weighted by atomic mass is 19.1. The van der Waals surface area contributed by atoms with Crippen molar-refractivity contribution in [2.75, 3.05) is 0 Å². The van der Waals surface area contributed by atoms with Crippen molar-refractivity contribution in [2.45, 2.75) is 32.9 Å². The van der Waals surface area contributed by atoms with Gasteiger partial charge in [-0.1, -0.05) is 0 Å². The fraction of sp³-hybridized carbons (Fsp3) is 0.385. The van der Waals surface area contributed by atoms with E-state index in [9.17, 15) is 14.3 Å². The Labute approximate surface area is 104 Å². The van der Waals surface area contributed by atoms with Crippen molar-refractivity contribution in [3.63, 3.8) is 0 Å². The second kappa shape index (κ2) is 4.17. The van der Waals surface area contributed by atoms with Crippen LogP contribution in [0.4, 0.5) is 4.39 Å². The van der Waals surface area contributed by atoms with E-state index in [1.807, 2.05) is 0 Å². The molecule has 2 aromatic rings.